The molecule has 5 rings (SSSR count). The van der Waals surface area contributed by atoms with Crippen molar-refractivity contribution < 1.29 is 13.6 Å². The number of aromatic nitrogens is 3. The fourth-order valence-corrected chi connectivity index (χ4v) is 3.55. The van der Waals surface area contributed by atoms with Crippen molar-refractivity contribution in [1.29, 1.82) is 0 Å². The highest BCUT2D eigenvalue weighted by Gasteiger charge is 2.31. The van der Waals surface area contributed by atoms with E-state index in [9.17, 15) is 9.18 Å². The minimum atomic E-state index is -0.353. The third kappa shape index (κ3) is 2.61. The molecule has 2 amide bonds. The minimum absolute atomic E-state index is 0.109. The third-order valence-electron chi connectivity index (χ3n) is 4.89. The first-order chi connectivity index (χ1) is 13.7. The van der Waals surface area contributed by atoms with Crippen LogP contribution in [0.15, 0.2) is 65.7 Å². The molecule has 4 aromatic rings. The number of para-hydroxylation sites is 1. The number of anilines is 1. The molecule has 1 fully saturated rings. The van der Waals surface area contributed by atoms with E-state index in [1.165, 1.54) is 12.5 Å². The molecular formula is C20H16FN5O2. The summed E-state index contributed by atoms with van der Waals surface area (Å²) >= 11 is 0. The molecule has 0 N–H and O–H groups in total. The molecule has 0 unspecified atom stereocenters. The van der Waals surface area contributed by atoms with E-state index in [1.54, 1.807) is 45.1 Å². The van der Waals surface area contributed by atoms with Crippen molar-refractivity contribution in [2.75, 3.05) is 18.0 Å². The van der Waals surface area contributed by atoms with E-state index in [4.69, 9.17) is 4.42 Å². The second-order valence-corrected chi connectivity index (χ2v) is 6.54. The van der Waals surface area contributed by atoms with Gasteiger partial charge in [-0.25, -0.2) is 18.9 Å². The number of rotatable bonds is 4. The summed E-state index contributed by atoms with van der Waals surface area (Å²) in [5, 5.41) is 5.16. The van der Waals surface area contributed by atoms with Crippen molar-refractivity contribution in [3.8, 4) is 5.69 Å². The molecule has 1 aliphatic rings. The van der Waals surface area contributed by atoms with Gasteiger partial charge >= 0.3 is 6.03 Å². The number of urea groups is 1. The Morgan fingerprint density at radius 3 is 2.71 bits per heavy atom. The summed E-state index contributed by atoms with van der Waals surface area (Å²) in [6.07, 6.45) is 4.63. The maximum Gasteiger partial charge on any atom is 0.325 e. The van der Waals surface area contributed by atoms with Crippen LogP contribution in [0.1, 0.15) is 5.76 Å². The fourth-order valence-electron chi connectivity index (χ4n) is 3.55. The Kier molecular flexibility index (Phi) is 3.82. The number of hydrogen-bond acceptors (Lipinski definition) is 4. The van der Waals surface area contributed by atoms with E-state index in [0.29, 0.717) is 31.1 Å². The van der Waals surface area contributed by atoms with Crippen LogP contribution in [0.2, 0.25) is 0 Å². The fraction of sp³-hybridized carbons (Fsp3) is 0.150. The number of amides is 2. The molecule has 140 valence electrons. The highest BCUT2D eigenvalue weighted by atomic mass is 19.1. The number of nitrogens with zero attached hydrogens (tertiary/aromatic N) is 5. The second kappa shape index (κ2) is 6.49. The first-order valence-electron chi connectivity index (χ1n) is 8.88. The number of carbonyl (C=O) groups is 1. The van der Waals surface area contributed by atoms with E-state index in [2.05, 4.69) is 10.1 Å². The lowest BCUT2D eigenvalue weighted by molar-refractivity contribution is 0.214. The predicted octanol–water partition coefficient (Wildman–Crippen LogP) is 3.59. The Bertz CT molecular complexity index is 1150. The SMILES string of the molecule is O=C1N(Cc2cnco2)CCN1c1cccc2c1cnn2-c1ccccc1F. The van der Waals surface area contributed by atoms with Crippen LogP contribution >= 0.6 is 0 Å². The molecule has 7 nitrogen and oxygen atoms in total. The monoisotopic (exact) mass is 377 g/mol. The van der Waals surface area contributed by atoms with Gasteiger partial charge in [0.25, 0.3) is 0 Å². The van der Waals surface area contributed by atoms with Crippen LogP contribution in [0.3, 0.4) is 0 Å². The first kappa shape index (κ1) is 16.5. The summed E-state index contributed by atoms with van der Waals surface area (Å²) in [6.45, 7) is 1.51. The van der Waals surface area contributed by atoms with Crippen molar-refractivity contribution >= 4 is 22.6 Å². The van der Waals surface area contributed by atoms with Crippen LogP contribution in [0.5, 0.6) is 0 Å². The van der Waals surface area contributed by atoms with Crippen LogP contribution in [0, 0.1) is 5.82 Å². The van der Waals surface area contributed by atoms with Gasteiger partial charge in [0.15, 0.2) is 6.39 Å². The Morgan fingerprint density at radius 1 is 1.04 bits per heavy atom. The zero-order valence-electron chi connectivity index (χ0n) is 14.8. The highest BCUT2D eigenvalue weighted by Crippen LogP contribution is 2.31. The lowest BCUT2D eigenvalue weighted by atomic mass is 10.2. The molecule has 0 radical (unpaired) electrons. The van der Waals surface area contributed by atoms with Crippen molar-refractivity contribution in [3.63, 3.8) is 0 Å². The molecule has 0 saturated carbocycles. The zero-order chi connectivity index (χ0) is 19.1. The second-order valence-electron chi connectivity index (χ2n) is 6.54. The van der Waals surface area contributed by atoms with Gasteiger partial charge in [0.05, 0.1) is 30.1 Å². The van der Waals surface area contributed by atoms with E-state index < -0.39 is 0 Å². The molecule has 1 aliphatic heterocycles. The number of oxazole rings is 1. The van der Waals surface area contributed by atoms with Gasteiger partial charge in [0, 0.05) is 18.5 Å². The van der Waals surface area contributed by atoms with Crippen LogP contribution in [0.4, 0.5) is 14.9 Å². The number of benzene rings is 2. The van der Waals surface area contributed by atoms with Crippen molar-refractivity contribution in [2.24, 2.45) is 0 Å². The molecule has 0 bridgehead atoms. The van der Waals surface area contributed by atoms with Gasteiger partial charge in [0.1, 0.15) is 17.3 Å². The van der Waals surface area contributed by atoms with Gasteiger partial charge in [-0.1, -0.05) is 18.2 Å². The molecule has 1 saturated heterocycles. The van der Waals surface area contributed by atoms with Gasteiger partial charge in [0.2, 0.25) is 0 Å². The maximum absolute atomic E-state index is 14.2. The van der Waals surface area contributed by atoms with Gasteiger partial charge in [-0.05, 0) is 24.3 Å². The smallest absolute Gasteiger partial charge is 0.325 e. The number of carbonyl (C=O) groups excluding carboxylic acids is 1. The van der Waals surface area contributed by atoms with E-state index in [1.807, 2.05) is 18.2 Å². The summed E-state index contributed by atoms with van der Waals surface area (Å²) in [7, 11) is 0. The predicted molar refractivity (Wildman–Crippen MR) is 101 cm³/mol. The minimum Gasteiger partial charge on any atom is -0.447 e. The number of halogens is 1. The van der Waals surface area contributed by atoms with Crippen molar-refractivity contribution in [2.45, 2.75) is 6.54 Å². The molecule has 0 aliphatic carbocycles. The summed E-state index contributed by atoms with van der Waals surface area (Å²) in [5.41, 5.74) is 1.86. The van der Waals surface area contributed by atoms with E-state index in [-0.39, 0.29) is 11.8 Å². The lowest BCUT2D eigenvalue weighted by Gasteiger charge is -2.18. The van der Waals surface area contributed by atoms with Crippen LogP contribution in [0.25, 0.3) is 16.6 Å². The normalized spacial score (nSPS) is 14.4. The van der Waals surface area contributed by atoms with E-state index >= 15 is 0 Å². The highest BCUT2D eigenvalue weighted by molar-refractivity contribution is 6.03. The van der Waals surface area contributed by atoms with Crippen molar-refractivity contribution in [3.05, 3.63) is 72.8 Å². The van der Waals surface area contributed by atoms with Gasteiger partial charge in [-0.3, -0.25) is 4.90 Å². The van der Waals surface area contributed by atoms with Gasteiger partial charge < -0.3 is 9.32 Å². The summed E-state index contributed by atoms with van der Waals surface area (Å²) in [6, 6.07) is 12.0. The number of fused-ring (bicyclic) bond motifs is 1. The molecule has 8 heteroatoms. The summed E-state index contributed by atoms with van der Waals surface area (Å²) in [5.74, 6) is 0.286. The molecule has 2 aromatic heterocycles. The van der Waals surface area contributed by atoms with Crippen LogP contribution < -0.4 is 4.90 Å². The summed E-state index contributed by atoms with van der Waals surface area (Å²) < 4.78 is 21.0. The Labute approximate surface area is 159 Å². The largest absolute Gasteiger partial charge is 0.447 e. The topological polar surface area (TPSA) is 67.4 Å². The Morgan fingerprint density at radius 2 is 1.89 bits per heavy atom. The molecule has 0 atom stereocenters. The summed E-state index contributed by atoms with van der Waals surface area (Å²) in [4.78, 5) is 20.2. The quantitative estimate of drug-likeness (QED) is 0.545. The molecule has 3 heterocycles. The zero-order valence-corrected chi connectivity index (χ0v) is 14.8. The van der Waals surface area contributed by atoms with Crippen molar-refractivity contribution in [1.82, 2.24) is 19.7 Å². The molecular weight excluding hydrogens is 361 g/mol. The van der Waals surface area contributed by atoms with Gasteiger partial charge in [-0.2, -0.15) is 5.10 Å². The first-order valence-corrected chi connectivity index (χ1v) is 8.88. The van der Waals surface area contributed by atoms with E-state index in [0.717, 1.165) is 16.6 Å². The standard InChI is InChI=1S/C20H16FN5O2/c21-16-4-1-2-5-19(16)26-18-7-3-6-17(15(18)11-23-26)25-9-8-24(20(25)27)12-14-10-22-13-28-14/h1-7,10-11,13H,8-9,12H2. The average molecular weight is 377 g/mol. The van der Waals surface area contributed by atoms with Crippen LogP contribution in [-0.4, -0.2) is 38.8 Å². The molecule has 0 spiro atoms. The number of hydrogen-bond donors (Lipinski definition) is 0. The maximum atomic E-state index is 14.2. The molecule has 28 heavy (non-hydrogen) atoms. The Hall–Kier alpha value is -3.68. The lowest BCUT2D eigenvalue weighted by Crippen LogP contribution is -2.31. The molecule has 2 aromatic carbocycles. The van der Waals surface area contributed by atoms with Crippen LogP contribution in [-0.2, 0) is 6.54 Å². The Balaban J connectivity index is 1.50. The average Bonchev–Trinajstić information content (AvgIpc) is 3.44. The van der Waals surface area contributed by atoms with Gasteiger partial charge in [-0.15, -0.1) is 0 Å². The third-order valence-corrected chi connectivity index (χ3v) is 4.89.